The number of aromatic nitrogens is 4. The zero-order valence-corrected chi connectivity index (χ0v) is 17.4. The van der Waals surface area contributed by atoms with Crippen molar-refractivity contribution in [3.8, 4) is 17.1 Å². The average Bonchev–Trinajstić information content (AvgIpc) is 3.43. The van der Waals surface area contributed by atoms with Gasteiger partial charge in [-0.3, -0.25) is 14.6 Å². The first-order valence-corrected chi connectivity index (χ1v) is 10.4. The van der Waals surface area contributed by atoms with Gasteiger partial charge < -0.3 is 20.3 Å². The number of hydrogen-bond donors (Lipinski definition) is 3. The zero-order chi connectivity index (χ0) is 22.7. The van der Waals surface area contributed by atoms with E-state index in [1.165, 1.54) is 17.9 Å². The molecule has 0 aliphatic heterocycles. The SMILES string of the molecule is Cn1cc(NC(=O)[C@@H]2CCCC[C@H]2[NH+]([O-])c2ccc(-c3ccn[nH]3)cc2)c(OC(F)F)n1. The van der Waals surface area contributed by atoms with Crippen molar-refractivity contribution in [3.63, 3.8) is 0 Å². The first-order chi connectivity index (χ1) is 15.4. The Hall–Kier alpha value is -3.31. The summed E-state index contributed by atoms with van der Waals surface area (Å²) in [6.45, 7) is -3.06. The second-order valence-electron chi connectivity index (χ2n) is 7.80. The predicted octanol–water partition coefficient (Wildman–Crippen LogP) is 2.62. The number of hydroxylamine groups is 1. The van der Waals surface area contributed by atoms with E-state index in [-0.39, 0.29) is 16.6 Å². The summed E-state index contributed by atoms with van der Waals surface area (Å²) in [5, 5.41) is 26.4. The van der Waals surface area contributed by atoms with E-state index in [4.69, 9.17) is 0 Å². The Morgan fingerprint density at radius 3 is 2.72 bits per heavy atom. The number of quaternary nitrogens is 1. The number of hydrogen-bond acceptors (Lipinski definition) is 5. The highest BCUT2D eigenvalue weighted by atomic mass is 19.3. The zero-order valence-electron chi connectivity index (χ0n) is 17.4. The molecule has 1 aliphatic rings. The normalized spacial score (nSPS) is 19.7. The molecule has 2 aromatic heterocycles. The Balaban J connectivity index is 1.49. The molecule has 170 valence electrons. The van der Waals surface area contributed by atoms with Gasteiger partial charge in [0.05, 0.1) is 17.8 Å². The van der Waals surface area contributed by atoms with Crippen LogP contribution in [0.5, 0.6) is 5.88 Å². The lowest BCUT2D eigenvalue weighted by molar-refractivity contribution is -0.812. The number of benzene rings is 1. The van der Waals surface area contributed by atoms with Gasteiger partial charge in [-0.05, 0) is 36.6 Å². The number of ether oxygens (including phenoxy) is 1. The summed E-state index contributed by atoms with van der Waals surface area (Å²) < 4.78 is 30.9. The summed E-state index contributed by atoms with van der Waals surface area (Å²) in [6, 6.07) is 8.51. The minimum atomic E-state index is -3.06. The minimum absolute atomic E-state index is 0.0542. The van der Waals surface area contributed by atoms with E-state index in [1.54, 1.807) is 18.3 Å². The van der Waals surface area contributed by atoms with Gasteiger partial charge in [0, 0.05) is 31.8 Å². The van der Waals surface area contributed by atoms with Crippen molar-refractivity contribution in [2.75, 3.05) is 5.32 Å². The molecule has 3 atom stereocenters. The van der Waals surface area contributed by atoms with Gasteiger partial charge in [0.2, 0.25) is 5.91 Å². The Bertz CT molecular complexity index is 1040. The van der Waals surface area contributed by atoms with Crippen LogP contribution in [-0.4, -0.2) is 38.5 Å². The monoisotopic (exact) mass is 446 g/mol. The molecule has 1 fully saturated rings. The van der Waals surface area contributed by atoms with Gasteiger partial charge in [-0.25, -0.2) is 0 Å². The number of carbonyl (C=O) groups is 1. The van der Waals surface area contributed by atoms with Gasteiger partial charge in [0.1, 0.15) is 17.4 Å². The number of nitrogens with zero attached hydrogens (tertiary/aromatic N) is 3. The first-order valence-electron chi connectivity index (χ1n) is 10.4. The van der Waals surface area contributed by atoms with Gasteiger partial charge in [-0.15, -0.1) is 5.10 Å². The van der Waals surface area contributed by atoms with Gasteiger partial charge >= 0.3 is 6.61 Å². The van der Waals surface area contributed by atoms with Crippen molar-refractivity contribution in [1.82, 2.24) is 20.0 Å². The van der Waals surface area contributed by atoms with Crippen LogP contribution in [-0.2, 0) is 11.8 Å². The van der Waals surface area contributed by atoms with Crippen molar-refractivity contribution in [1.29, 1.82) is 0 Å². The summed E-state index contributed by atoms with van der Waals surface area (Å²) >= 11 is 0. The van der Waals surface area contributed by atoms with Crippen LogP contribution in [0.1, 0.15) is 25.7 Å². The summed E-state index contributed by atoms with van der Waals surface area (Å²) in [7, 11) is 1.54. The maximum atomic E-state index is 13.2. The molecule has 3 N–H and O–H groups in total. The number of aromatic amines is 1. The van der Waals surface area contributed by atoms with Gasteiger partial charge in [-0.2, -0.15) is 13.9 Å². The highest BCUT2D eigenvalue weighted by Gasteiger charge is 2.36. The van der Waals surface area contributed by atoms with E-state index in [9.17, 15) is 18.8 Å². The van der Waals surface area contributed by atoms with Crippen LogP contribution in [0.3, 0.4) is 0 Å². The third-order valence-corrected chi connectivity index (χ3v) is 5.67. The van der Waals surface area contributed by atoms with Gasteiger partial charge in [0.25, 0.3) is 5.88 Å². The van der Waals surface area contributed by atoms with E-state index >= 15 is 0 Å². The second kappa shape index (κ2) is 9.45. The molecule has 1 aliphatic carbocycles. The maximum Gasteiger partial charge on any atom is 0.388 e. The van der Waals surface area contributed by atoms with E-state index in [2.05, 4.69) is 25.3 Å². The van der Waals surface area contributed by atoms with Crippen LogP contribution in [0.15, 0.2) is 42.7 Å². The quantitative estimate of drug-likeness (QED) is 0.483. The van der Waals surface area contributed by atoms with Crippen molar-refractivity contribution in [3.05, 3.63) is 47.9 Å². The molecular weight excluding hydrogens is 422 g/mol. The van der Waals surface area contributed by atoms with E-state index < -0.39 is 24.5 Å². The molecule has 0 saturated heterocycles. The molecule has 2 heterocycles. The second-order valence-corrected chi connectivity index (χ2v) is 7.80. The number of anilines is 1. The number of carbonyl (C=O) groups excluding carboxylic acids is 1. The molecular formula is C21H24F2N6O3. The molecule has 4 rings (SSSR count). The molecule has 0 spiro atoms. The fourth-order valence-corrected chi connectivity index (χ4v) is 4.15. The van der Waals surface area contributed by atoms with Crippen LogP contribution >= 0.6 is 0 Å². The first kappa shape index (κ1) is 21.9. The van der Waals surface area contributed by atoms with Crippen molar-refractivity contribution >= 4 is 17.3 Å². The molecule has 11 heteroatoms. The summed E-state index contributed by atoms with van der Waals surface area (Å²) in [4.78, 5) is 13.0. The highest BCUT2D eigenvalue weighted by molar-refractivity contribution is 5.94. The number of amides is 1. The summed E-state index contributed by atoms with van der Waals surface area (Å²) in [6.07, 6.45) is 5.84. The molecule has 32 heavy (non-hydrogen) atoms. The largest absolute Gasteiger partial charge is 0.629 e. The number of aryl methyl sites for hydroxylation is 1. The smallest absolute Gasteiger partial charge is 0.388 e. The lowest BCUT2D eigenvalue weighted by Crippen LogP contribution is -3.08. The number of H-pyrrole nitrogens is 1. The van der Waals surface area contributed by atoms with Crippen LogP contribution in [0, 0.1) is 11.1 Å². The average molecular weight is 446 g/mol. The third kappa shape index (κ3) is 4.78. The molecule has 3 aromatic rings. The minimum Gasteiger partial charge on any atom is -0.629 e. The number of nitrogens with one attached hydrogen (secondary N) is 3. The number of alkyl halides is 2. The van der Waals surface area contributed by atoms with Crippen molar-refractivity contribution < 1.29 is 23.4 Å². The van der Waals surface area contributed by atoms with Crippen LogP contribution in [0.25, 0.3) is 11.3 Å². The lowest BCUT2D eigenvalue weighted by Gasteiger charge is -2.38. The maximum absolute atomic E-state index is 13.2. The highest BCUT2D eigenvalue weighted by Crippen LogP contribution is 2.29. The molecule has 9 nitrogen and oxygen atoms in total. The van der Waals surface area contributed by atoms with Crippen molar-refractivity contribution in [2.24, 2.45) is 13.0 Å². The molecule has 1 unspecified atom stereocenters. The Labute approximate surface area is 182 Å². The molecule has 0 bridgehead atoms. The molecule has 1 amide bonds. The fraction of sp³-hybridized carbons (Fsp3) is 0.381. The Kier molecular flexibility index (Phi) is 6.47. The standard InChI is InChI=1S/C21H24F2N6O3/c1-28-12-17(20(27-28)32-21(22)23)25-19(30)15-4-2-3-5-18(15)29(31)14-8-6-13(7-9-14)16-10-11-24-26-16/h6-12,15,18,21,29H,2-5H2,1H3,(H,24,26)(H,25,30)/t15-,18-/m1/s1. The molecule has 0 radical (unpaired) electrons. The van der Waals surface area contributed by atoms with Gasteiger partial charge in [0.15, 0.2) is 0 Å². The summed E-state index contributed by atoms with van der Waals surface area (Å²) in [5.74, 6) is -1.32. The van der Waals surface area contributed by atoms with E-state index in [1.807, 2.05) is 18.2 Å². The van der Waals surface area contributed by atoms with E-state index in [0.29, 0.717) is 18.5 Å². The van der Waals surface area contributed by atoms with Crippen LogP contribution in [0.4, 0.5) is 20.2 Å². The molecule has 1 saturated carbocycles. The summed E-state index contributed by atoms with van der Waals surface area (Å²) in [5.41, 5.74) is 2.33. The van der Waals surface area contributed by atoms with E-state index in [0.717, 1.165) is 24.1 Å². The topological polar surface area (TPSA) is 112 Å². The fourth-order valence-electron chi connectivity index (χ4n) is 4.15. The van der Waals surface area contributed by atoms with Crippen molar-refractivity contribution in [2.45, 2.75) is 38.3 Å². The van der Waals surface area contributed by atoms with Crippen LogP contribution < -0.4 is 15.1 Å². The predicted molar refractivity (Wildman–Crippen MR) is 112 cm³/mol. The number of rotatable bonds is 7. The molecule has 1 aromatic carbocycles. The number of halogens is 2. The Morgan fingerprint density at radius 2 is 2.03 bits per heavy atom. The van der Waals surface area contributed by atoms with Gasteiger partial charge in [-0.1, -0.05) is 6.42 Å². The van der Waals surface area contributed by atoms with Crippen LogP contribution in [0.2, 0.25) is 0 Å². The Morgan fingerprint density at radius 1 is 1.28 bits per heavy atom. The lowest BCUT2D eigenvalue weighted by atomic mass is 9.83. The third-order valence-electron chi connectivity index (χ3n) is 5.67.